The predicted molar refractivity (Wildman–Crippen MR) is 119 cm³/mol. The van der Waals surface area contributed by atoms with Crippen molar-refractivity contribution in [3.8, 4) is 11.8 Å². The summed E-state index contributed by atoms with van der Waals surface area (Å²) in [5.74, 6) is 0.435. The monoisotopic (exact) mass is 409 g/mol. The first-order valence-corrected chi connectivity index (χ1v) is 9.68. The van der Waals surface area contributed by atoms with Gasteiger partial charge in [-0.1, -0.05) is 42.5 Å². The Balaban J connectivity index is 1.52. The normalized spacial score (nSPS) is 11.2. The summed E-state index contributed by atoms with van der Waals surface area (Å²) >= 11 is 0. The maximum absolute atomic E-state index is 12.3. The lowest BCUT2D eigenvalue weighted by Crippen LogP contribution is -2.20. The van der Waals surface area contributed by atoms with Gasteiger partial charge in [-0.05, 0) is 48.9 Å². The summed E-state index contributed by atoms with van der Waals surface area (Å²) in [5.41, 5.74) is 3.95. The number of amides is 1. The highest BCUT2D eigenvalue weighted by Gasteiger charge is 2.12. The number of nitriles is 1. The number of fused-ring (bicyclic) bond motifs is 1. The Labute approximate surface area is 179 Å². The third-order valence-corrected chi connectivity index (χ3v) is 4.52. The molecule has 1 aromatic heterocycles. The van der Waals surface area contributed by atoms with Crippen LogP contribution in [0.5, 0.6) is 5.75 Å². The molecule has 0 unspecified atom stereocenters. The Hall–Kier alpha value is -4.37. The molecular formula is C25H19N3O3. The van der Waals surface area contributed by atoms with Crippen molar-refractivity contribution in [1.82, 2.24) is 4.98 Å². The van der Waals surface area contributed by atoms with Crippen LogP contribution in [0.2, 0.25) is 0 Å². The molecule has 0 bridgehead atoms. The van der Waals surface area contributed by atoms with Gasteiger partial charge in [0, 0.05) is 11.3 Å². The van der Waals surface area contributed by atoms with Crippen LogP contribution in [-0.4, -0.2) is 17.5 Å². The van der Waals surface area contributed by atoms with Gasteiger partial charge in [0.05, 0.1) is 0 Å². The largest absolute Gasteiger partial charge is 0.483 e. The summed E-state index contributed by atoms with van der Waals surface area (Å²) in [6.45, 7) is 1.79. The highest BCUT2D eigenvalue weighted by Crippen LogP contribution is 2.26. The Morgan fingerprint density at radius 1 is 1.13 bits per heavy atom. The number of hydrogen-bond acceptors (Lipinski definition) is 5. The lowest BCUT2D eigenvalue weighted by molar-refractivity contribution is -0.118. The molecule has 0 radical (unpaired) electrons. The van der Waals surface area contributed by atoms with Gasteiger partial charge in [-0.2, -0.15) is 5.26 Å². The second kappa shape index (κ2) is 8.97. The number of para-hydroxylation sites is 3. The number of benzene rings is 3. The second-order valence-corrected chi connectivity index (χ2v) is 6.90. The molecule has 0 fully saturated rings. The number of oxazole rings is 1. The van der Waals surface area contributed by atoms with Crippen LogP contribution in [0.1, 0.15) is 17.0 Å². The molecule has 0 aliphatic carbocycles. The van der Waals surface area contributed by atoms with Crippen LogP contribution in [-0.2, 0) is 4.79 Å². The van der Waals surface area contributed by atoms with Gasteiger partial charge in [-0.25, -0.2) is 4.98 Å². The summed E-state index contributed by atoms with van der Waals surface area (Å²) in [4.78, 5) is 16.7. The fraction of sp³-hybridized carbons (Fsp3) is 0.0800. The van der Waals surface area contributed by atoms with Crippen molar-refractivity contribution in [2.24, 2.45) is 0 Å². The highest BCUT2D eigenvalue weighted by atomic mass is 16.5. The van der Waals surface area contributed by atoms with Crippen LogP contribution in [0.3, 0.4) is 0 Å². The van der Waals surface area contributed by atoms with E-state index < -0.39 is 0 Å². The highest BCUT2D eigenvalue weighted by molar-refractivity contribution is 5.92. The van der Waals surface area contributed by atoms with E-state index in [9.17, 15) is 10.1 Å². The molecule has 1 amide bonds. The van der Waals surface area contributed by atoms with E-state index in [0.717, 1.165) is 5.56 Å². The molecule has 0 saturated heterocycles. The molecule has 0 spiro atoms. The van der Waals surface area contributed by atoms with Gasteiger partial charge in [0.1, 0.15) is 22.9 Å². The van der Waals surface area contributed by atoms with Crippen molar-refractivity contribution in [1.29, 1.82) is 5.26 Å². The minimum atomic E-state index is -0.274. The zero-order chi connectivity index (χ0) is 21.6. The molecule has 0 aliphatic heterocycles. The number of carbonyl (C=O) groups excluding carboxylic acids is 1. The fourth-order valence-electron chi connectivity index (χ4n) is 3.08. The van der Waals surface area contributed by atoms with E-state index in [4.69, 9.17) is 9.15 Å². The zero-order valence-electron chi connectivity index (χ0n) is 16.8. The molecule has 6 nitrogen and oxygen atoms in total. The first-order chi connectivity index (χ1) is 15.1. The van der Waals surface area contributed by atoms with E-state index in [1.807, 2.05) is 55.5 Å². The average Bonchev–Trinajstić information content (AvgIpc) is 3.21. The van der Waals surface area contributed by atoms with Gasteiger partial charge in [0.15, 0.2) is 12.2 Å². The summed E-state index contributed by atoms with van der Waals surface area (Å²) in [7, 11) is 0. The summed E-state index contributed by atoms with van der Waals surface area (Å²) < 4.78 is 11.4. The molecule has 1 N–H and O–H groups in total. The number of hydrogen-bond donors (Lipinski definition) is 1. The maximum atomic E-state index is 12.3. The fourth-order valence-corrected chi connectivity index (χ4v) is 3.08. The van der Waals surface area contributed by atoms with Crippen LogP contribution < -0.4 is 10.1 Å². The number of rotatable bonds is 6. The lowest BCUT2D eigenvalue weighted by Gasteiger charge is -2.10. The molecule has 0 atom stereocenters. The van der Waals surface area contributed by atoms with Crippen LogP contribution in [0.25, 0.3) is 22.7 Å². The number of carbonyl (C=O) groups is 1. The number of nitrogens with zero attached hydrogens (tertiary/aromatic N) is 2. The molecule has 4 rings (SSSR count). The van der Waals surface area contributed by atoms with Gasteiger partial charge in [-0.15, -0.1) is 0 Å². The topological polar surface area (TPSA) is 88.1 Å². The average molecular weight is 409 g/mol. The molecule has 31 heavy (non-hydrogen) atoms. The molecule has 3 aromatic carbocycles. The summed E-state index contributed by atoms with van der Waals surface area (Å²) in [5, 5.41) is 12.4. The molecule has 6 heteroatoms. The number of allylic oxidation sites excluding steroid dienone is 1. The molecule has 1 heterocycles. The van der Waals surface area contributed by atoms with E-state index in [0.29, 0.717) is 28.1 Å². The Morgan fingerprint density at radius 2 is 1.94 bits per heavy atom. The minimum absolute atomic E-state index is 0.163. The third-order valence-electron chi connectivity index (χ3n) is 4.52. The second-order valence-electron chi connectivity index (χ2n) is 6.90. The quantitative estimate of drug-likeness (QED) is 0.441. The van der Waals surface area contributed by atoms with Crippen molar-refractivity contribution in [3.63, 3.8) is 0 Å². The SMILES string of the molecule is Cc1cccc(NC(=O)COc2ccccc2/C=C(\C#N)c2nc3ccccc3o2)c1. The van der Waals surface area contributed by atoms with Crippen LogP contribution >= 0.6 is 0 Å². The van der Waals surface area contributed by atoms with Gasteiger partial charge in [0.25, 0.3) is 5.91 Å². The molecule has 0 aliphatic rings. The first kappa shape index (κ1) is 19.9. The minimum Gasteiger partial charge on any atom is -0.483 e. The molecule has 0 saturated carbocycles. The Kier molecular flexibility index (Phi) is 5.77. The van der Waals surface area contributed by atoms with Crippen LogP contribution in [0.15, 0.2) is 77.2 Å². The molecular weight excluding hydrogens is 390 g/mol. The van der Waals surface area contributed by atoms with Crippen molar-refractivity contribution in [2.75, 3.05) is 11.9 Å². The first-order valence-electron chi connectivity index (χ1n) is 9.68. The van der Waals surface area contributed by atoms with E-state index in [2.05, 4.69) is 16.4 Å². The van der Waals surface area contributed by atoms with Gasteiger partial charge in [0.2, 0.25) is 5.89 Å². The van der Waals surface area contributed by atoms with Gasteiger partial charge < -0.3 is 14.5 Å². The standard InChI is InChI=1S/C25H19N3O3/c1-17-7-6-9-20(13-17)27-24(29)16-30-22-11-4-2-8-18(22)14-19(15-26)25-28-21-10-3-5-12-23(21)31-25/h2-14H,16H2,1H3,(H,27,29)/b19-14+. The number of anilines is 1. The number of nitrogens with one attached hydrogen (secondary N) is 1. The van der Waals surface area contributed by atoms with E-state index in [1.54, 1.807) is 30.3 Å². The van der Waals surface area contributed by atoms with Crippen molar-refractivity contribution in [3.05, 3.63) is 89.8 Å². The van der Waals surface area contributed by atoms with Crippen LogP contribution in [0.4, 0.5) is 5.69 Å². The molecule has 4 aromatic rings. The van der Waals surface area contributed by atoms with Crippen molar-refractivity contribution < 1.29 is 13.9 Å². The Bertz CT molecular complexity index is 1280. The van der Waals surface area contributed by atoms with Crippen LogP contribution in [0, 0.1) is 18.3 Å². The van der Waals surface area contributed by atoms with E-state index >= 15 is 0 Å². The van der Waals surface area contributed by atoms with Crippen molar-refractivity contribution in [2.45, 2.75) is 6.92 Å². The van der Waals surface area contributed by atoms with Gasteiger partial charge >= 0.3 is 0 Å². The smallest absolute Gasteiger partial charge is 0.262 e. The third kappa shape index (κ3) is 4.80. The zero-order valence-corrected chi connectivity index (χ0v) is 16.8. The van der Waals surface area contributed by atoms with Gasteiger partial charge in [-0.3, -0.25) is 4.79 Å². The number of aryl methyl sites for hydroxylation is 1. The maximum Gasteiger partial charge on any atom is 0.262 e. The summed E-state index contributed by atoms with van der Waals surface area (Å²) in [6.07, 6.45) is 1.64. The predicted octanol–water partition coefficient (Wildman–Crippen LogP) is 5.22. The van der Waals surface area contributed by atoms with Crippen molar-refractivity contribution >= 4 is 34.3 Å². The summed E-state index contributed by atoms with van der Waals surface area (Å²) in [6, 6.07) is 24.2. The van der Waals surface area contributed by atoms with E-state index in [-0.39, 0.29) is 24.0 Å². The lowest BCUT2D eigenvalue weighted by atomic mass is 10.1. The molecule has 152 valence electrons. The Morgan fingerprint density at radius 3 is 2.74 bits per heavy atom. The number of ether oxygens (including phenoxy) is 1. The number of aromatic nitrogens is 1. The van der Waals surface area contributed by atoms with E-state index in [1.165, 1.54) is 0 Å².